The zero-order chi connectivity index (χ0) is 31.4. The molecule has 11 atom stereocenters. The molecule has 6 nitrogen and oxygen atoms in total. The van der Waals surface area contributed by atoms with Crippen LogP contribution in [0.4, 0.5) is 0 Å². The van der Waals surface area contributed by atoms with Crippen molar-refractivity contribution in [1.29, 1.82) is 0 Å². The predicted molar refractivity (Wildman–Crippen MR) is 164 cm³/mol. The van der Waals surface area contributed by atoms with Crippen LogP contribution in [-0.4, -0.2) is 54.5 Å². The first-order valence-electron chi connectivity index (χ1n) is 18.4. The average molecular weight is 565 g/mol. The molecule has 6 heteroatoms. The minimum absolute atomic E-state index is 0.206. The van der Waals surface area contributed by atoms with Crippen molar-refractivity contribution in [3.8, 4) is 0 Å². The first kappa shape index (κ1) is 28.1. The second kappa shape index (κ2) is 14.2. The summed E-state index contributed by atoms with van der Waals surface area (Å²) in [7, 11) is 0. The van der Waals surface area contributed by atoms with Crippen LogP contribution in [0.5, 0.6) is 0 Å². The van der Waals surface area contributed by atoms with E-state index >= 15 is 0 Å². The lowest BCUT2D eigenvalue weighted by Gasteiger charge is -2.62. The van der Waals surface area contributed by atoms with E-state index < -0.39 is 18.7 Å². The highest BCUT2D eigenvalue weighted by Gasteiger charge is 2.62. The highest BCUT2D eigenvalue weighted by molar-refractivity contribution is 5.69. The van der Waals surface area contributed by atoms with E-state index in [2.05, 4.69) is 31.4 Å². The van der Waals surface area contributed by atoms with Gasteiger partial charge in [-0.1, -0.05) is 40.5 Å². The van der Waals surface area contributed by atoms with E-state index in [-0.39, 0.29) is 17.9 Å². The smallest absolute Gasteiger partial charge is 0.306 e. The van der Waals surface area contributed by atoms with Crippen LogP contribution in [0.3, 0.4) is 0 Å². The fraction of sp³-hybridized carbons (Fsp3) is 0.971. The quantitative estimate of drug-likeness (QED) is 0.160. The number of carboxylic acids is 1. The highest BCUT2D eigenvalue weighted by atomic mass is 16.4. The largest absolute Gasteiger partial charge is 0.481 e. The maximum absolute atomic E-state index is 11.8. The van der Waals surface area contributed by atoms with E-state index in [1.807, 2.05) is 0 Å². The molecule has 4 unspecified atom stereocenters. The van der Waals surface area contributed by atoms with Crippen LogP contribution in [0.25, 0.3) is 0 Å². The minimum atomic E-state index is -2.44. The lowest BCUT2D eigenvalue weighted by atomic mass is 9.43. The number of hydrogen-bond donors (Lipinski definition) is 5. The topological polar surface area (TPSA) is 108 Å². The van der Waals surface area contributed by atoms with Crippen molar-refractivity contribution in [2.45, 2.75) is 130 Å². The average Bonchev–Trinajstić information content (AvgIpc) is 3.29. The molecule has 0 aromatic carbocycles. The fourth-order valence-electron chi connectivity index (χ4n) is 10.4. The summed E-state index contributed by atoms with van der Waals surface area (Å²) in [4.78, 5) is 11.5. The fourth-order valence-corrected chi connectivity index (χ4v) is 10.4. The van der Waals surface area contributed by atoms with Crippen molar-refractivity contribution >= 4 is 5.97 Å². The Morgan fingerprint density at radius 3 is 2.48 bits per heavy atom. The molecule has 4 saturated carbocycles. The number of unbranched alkanes of at least 4 members (excludes halogenated alkanes) is 1. The Balaban J connectivity index is 1.30. The summed E-state index contributed by atoms with van der Waals surface area (Å²) in [5.74, 6) is 0.642. The van der Waals surface area contributed by atoms with Crippen molar-refractivity contribution in [3.63, 3.8) is 0 Å². The van der Waals surface area contributed by atoms with Crippen LogP contribution in [0.1, 0.15) is 122 Å². The molecule has 0 amide bonds. The number of hydrogen-bond acceptors (Lipinski definition) is 5. The third-order valence-corrected chi connectivity index (χ3v) is 12.7. The number of rotatable bonds is 15. The summed E-state index contributed by atoms with van der Waals surface area (Å²) < 4.78 is 22.8. The monoisotopic (exact) mass is 565 g/mol. The highest BCUT2D eigenvalue weighted by Crippen LogP contribution is 2.68. The summed E-state index contributed by atoms with van der Waals surface area (Å²) in [5, 5.41) is 28.6. The summed E-state index contributed by atoms with van der Waals surface area (Å²) >= 11 is 0. The zero-order valence-electron chi connectivity index (χ0n) is 28.8. The summed E-state index contributed by atoms with van der Waals surface area (Å²) in [6.07, 6.45) is 14.3. The number of carboxylic acid groups (broad SMARTS) is 1. The van der Waals surface area contributed by atoms with Gasteiger partial charge in [-0.2, -0.15) is 0 Å². The number of aliphatic hydroxyl groups excluding tert-OH is 1. The third kappa shape index (κ3) is 6.92. The molecule has 0 radical (unpaired) electrons. The molecule has 0 spiro atoms. The van der Waals surface area contributed by atoms with Gasteiger partial charge >= 0.3 is 5.97 Å². The molecule has 0 saturated heterocycles. The summed E-state index contributed by atoms with van der Waals surface area (Å²) in [6, 6.07) is 0.565. The molecular weight excluding hydrogens is 498 g/mol. The first-order valence-corrected chi connectivity index (χ1v) is 16.9. The number of fused-ring (bicyclic) bond motifs is 5. The van der Waals surface area contributed by atoms with Crippen LogP contribution in [0.15, 0.2) is 0 Å². The van der Waals surface area contributed by atoms with Gasteiger partial charge in [-0.25, -0.2) is 0 Å². The molecule has 4 aliphatic rings. The van der Waals surface area contributed by atoms with Gasteiger partial charge in [0, 0.05) is 10.2 Å². The molecule has 40 heavy (non-hydrogen) atoms. The van der Waals surface area contributed by atoms with Crippen LogP contribution in [0, 0.1) is 52.3 Å². The predicted octanol–water partition coefficient (Wildman–Crippen LogP) is 5.82. The molecule has 6 N–H and O–H groups in total. The first-order chi connectivity index (χ1) is 20.3. The van der Waals surface area contributed by atoms with Gasteiger partial charge in [0.05, 0.1) is 12.0 Å². The summed E-state index contributed by atoms with van der Waals surface area (Å²) in [5.41, 5.74) is 6.10. The normalized spacial score (nSPS) is 42.0. The van der Waals surface area contributed by atoms with E-state index in [4.69, 9.17) is 9.85 Å². The van der Waals surface area contributed by atoms with Crippen molar-refractivity contribution in [1.82, 2.24) is 10.6 Å². The van der Waals surface area contributed by atoms with Crippen LogP contribution in [0.2, 0.25) is 0 Å². The summed E-state index contributed by atoms with van der Waals surface area (Å²) in [6.45, 7) is 8.84. The van der Waals surface area contributed by atoms with Gasteiger partial charge < -0.3 is 26.6 Å². The van der Waals surface area contributed by atoms with Gasteiger partial charge in [0.2, 0.25) is 0 Å². The molecule has 0 aromatic rings. The van der Waals surface area contributed by atoms with Gasteiger partial charge in [0.15, 0.2) is 0 Å². The number of aliphatic hydroxyl groups is 1. The van der Waals surface area contributed by atoms with Crippen LogP contribution in [-0.2, 0) is 4.79 Å². The maximum atomic E-state index is 11.8. The molecule has 4 rings (SSSR count). The molecule has 0 heterocycles. The number of carbonyl (C=O) groups is 1. The molecule has 0 aromatic heterocycles. The van der Waals surface area contributed by atoms with E-state index in [1.165, 1.54) is 44.9 Å². The van der Waals surface area contributed by atoms with Crippen molar-refractivity contribution in [3.05, 3.63) is 0 Å². The van der Waals surface area contributed by atoms with Gasteiger partial charge in [-0.15, -0.1) is 0 Å². The van der Waals surface area contributed by atoms with E-state index in [9.17, 15) is 15.0 Å². The molecular formula is C34H63N3O3. The molecule has 4 fully saturated rings. The SMILES string of the molecule is [2H]C([2H])([2H])C(CCC[C@@H](C)[C@H]1CCC2C3C(CC[C@@]21C)[C@@]1(C)CC[C@H](NCCCNCCCCN)C[C@@H]1C[C@H]3O)C(=O)O. The van der Waals surface area contributed by atoms with Crippen LogP contribution >= 0.6 is 0 Å². The van der Waals surface area contributed by atoms with Gasteiger partial charge in [-0.3, -0.25) is 4.79 Å². The van der Waals surface area contributed by atoms with Gasteiger partial charge in [0.25, 0.3) is 0 Å². The Bertz CT molecular complexity index is 906. The second-order valence-corrected chi connectivity index (χ2v) is 14.8. The standard InChI is InChI=1S/C34H63N3O3/c1-23(9-7-10-24(2)32(39)40)27-11-12-28-31-29(14-16-34(27,28)4)33(3)15-13-26(21-25(33)22-30(31)38)37-20-8-19-36-18-6-5-17-35/h23-31,36-38H,5-22,35H2,1-4H3,(H,39,40)/t23-,24?,25-,26+,27-,28?,29?,30-,31?,33+,34-/m1/s1/i2D3. The van der Waals surface area contributed by atoms with Gasteiger partial charge in [0.1, 0.15) is 0 Å². The number of nitrogens with two attached hydrogens (primary N) is 1. The minimum Gasteiger partial charge on any atom is -0.481 e. The van der Waals surface area contributed by atoms with Crippen molar-refractivity contribution in [2.75, 3.05) is 26.2 Å². The Kier molecular flexibility index (Phi) is 9.97. The van der Waals surface area contributed by atoms with Crippen molar-refractivity contribution < 1.29 is 19.1 Å². The maximum Gasteiger partial charge on any atom is 0.306 e. The number of aliphatic carboxylic acids is 1. The molecule has 232 valence electrons. The lowest BCUT2D eigenvalue weighted by Crippen LogP contribution is -2.59. The Labute approximate surface area is 249 Å². The van der Waals surface area contributed by atoms with Crippen LogP contribution < -0.4 is 16.4 Å². The van der Waals surface area contributed by atoms with Gasteiger partial charge in [-0.05, 0) is 150 Å². The Morgan fingerprint density at radius 2 is 1.73 bits per heavy atom. The Hall–Kier alpha value is -0.690. The lowest BCUT2D eigenvalue weighted by molar-refractivity contribution is -0.167. The van der Waals surface area contributed by atoms with E-state index in [0.29, 0.717) is 53.4 Å². The molecule has 4 aliphatic carbocycles. The van der Waals surface area contributed by atoms with E-state index in [0.717, 1.165) is 58.3 Å². The number of nitrogens with one attached hydrogen (secondary N) is 2. The van der Waals surface area contributed by atoms with E-state index in [1.54, 1.807) is 0 Å². The second-order valence-electron chi connectivity index (χ2n) is 14.8. The zero-order valence-corrected chi connectivity index (χ0v) is 25.8. The molecule has 0 bridgehead atoms. The van der Waals surface area contributed by atoms with Crippen molar-refractivity contribution in [2.24, 2.45) is 58.0 Å². The Morgan fingerprint density at radius 1 is 0.975 bits per heavy atom. The third-order valence-electron chi connectivity index (χ3n) is 12.7. The molecule has 0 aliphatic heterocycles.